The summed E-state index contributed by atoms with van der Waals surface area (Å²) in [5.41, 5.74) is 4.88. The highest BCUT2D eigenvalue weighted by molar-refractivity contribution is 6.37. The number of carbonyl (C=O) groups is 6. The summed E-state index contributed by atoms with van der Waals surface area (Å²) < 4.78 is 5.39. The van der Waals surface area contributed by atoms with E-state index in [1.807, 2.05) is 34.6 Å². The van der Waals surface area contributed by atoms with E-state index in [-0.39, 0.29) is 36.3 Å². The molecule has 0 spiro atoms. The first-order valence-corrected chi connectivity index (χ1v) is 17.9. The Bertz CT molecular complexity index is 1160. The Hall–Kier alpha value is -3.38. The van der Waals surface area contributed by atoms with Gasteiger partial charge in [0.05, 0.1) is 12.1 Å². The third-order valence-corrected chi connectivity index (χ3v) is 10.0. The number of hydrogen-bond donors (Lipinski definition) is 5. The third kappa shape index (κ3) is 11.4. The fourth-order valence-electron chi connectivity index (χ4n) is 7.12. The van der Waals surface area contributed by atoms with E-state index in [1.54, 1.807) is 4.90 Å². The zero-order valence-electron chi connectivity index (χ0n) is 30.1. The van der Waals surface area contributed by atoms with Gasteiger partial charge < -0.3 is 36.6 Å². The molecule has 3 fully saturated rings. The summed E-state index contributed by atoms with van der Waals surface area (Å²) in [7, 11) is 0. The number of nitrogens with one attached hydrogen (secondary N) is 4. The Kier molecular flexibility index (Phi) is 14.1. The Morgan fingerprint density at radius 2 is 1.48 bits per heavy atom. The van der Waals surface area contributed by atoms with Crippen molar-refractivity contribution in [1.82, 2.24) is 26.2 Å². The molecule has 272 valence electrons. The molecule has 6 N–H and O–H groups in total. The number of nitrogens with two attached hydrogens (primary N) is 1. The van der Waals surface area contributed by atoms with Crippen LogP contribution in [0.2, 0.25) is 0 Å². The van der Waals surface area contributed by atoms with Crippen molar-refractivity contribution in [2.75, 3.05) is 13.2 Å². The summed E-state index contributed by atoms with van der Waals surface area (Å²) >= 11 is 0. The van der Waals surface area contributed by atoms with Crippen molar-refractivity contribution >= 4 is 35.6 Å². The Labute approximate surface area is 286 Å². The second kappa shape index (κ2) is 17.3. The van der Waals surface area contributed by atoms with Gasteiger partial charge in [0.25, 0.3) is 5.91 Å². The summed E-state index contributed by atoms with van der Waals surface area (Å²) in [6.07, 6.45) is 7.25. The molecule has 0 aromatic rings. The van der Waals surface area contributed by atoms with Crippen LogP contribution in [-0.4, -0.2) is 83.9 Å². The molecule has 2 aliphatic carbocycles. The zero-order valence-corrected chi connectivity index (χ0v) is 30.1. The average molecular weight is 677 g/mol. The fourth-order valence-corrected chi connectivity index (χ4v) is 7.12. The highest BCUT2D eigenvalue weighted by Gasteiger charge is 2.45. The van der Waals surface area contributed by atoms with Gasteiger partial charge in [0.15, 0.2) is 0 Å². The van der Waals surface area contributed by atoms with E-state index in [4.69, 9.17) is 10.5 Å². The lowest BCUT2D eigenvalue weighted by atomic mass is 9.80. The average Bonchev–Trinajstić information content (AvgIpc) is 3.63. The van der Waals surface area contributed by atoms with Crippen LogP contribution < -0.4 is 27.0 Å². The van der Waals surface area contributed by atoms with Crippen LogP contribution in [0, 0.1) is 29.1 Å². The maximum atomic E-state index is 14.5. The summed E-state index contributed by atoms with van der Waals surface area (Å²) in [4.78, 5) is 80.2. The number of amides is 6. The van der Waals surface area contributed by atoms with E-state index in [9.17, 15) is 28.8 Å². The van der Waals surface area contributed by atoms with Crippen molar-refractivity contribution in [1.29, 1.82) is 0 Å². The van der Waals surface area contributed by atoms with Crippen LogP contribution in [0.4, 0.5) is 9.59 Å². The fraction of sp³-hybridized carbons (Fsp3) is 0.829. The van der Waals surface area contributed by atoms with Crippen molar-refractivity contribution in [2.24, 2.45) is 34.8 Å². The predicted molar refractivity (Wildman–Crippen MR) is 181 cm³/mol. The van der Waals surface area contributed by atoms with E-state index in [2.05, 4.69) is 35.1 Å². The third-order valence-electron chi connectivity index (χ3n) is 10.0. The second-order valence-electron chi connectivity index (χ2n) is 16.0. The van der Waals surface area contributed by atoms with E-state index >= 15 is 0 Å². The van der Waals surface area contributed by atoms with Gasteiger partial charge in [-0.05, 0) is 75.0 Å². The number of hydrogen-bond acceptors (Lipinski definition) is 7. The Balaban J connectivity index is 1.81. The van der Waals surface area contributed by atoms with Gasteiger partial charge in [-0.3, -0.25) is 19.2 Å². The molecule has 0 bridgehead atoms. The van der Waals surface area contributed by atoms with Crippen LogP contribution >= 0.6 is 0 Å². The predicted octanol–water partition coefficient (Wildman–Crippen LogP) is 3.39. The van der Waals surface area contributed by atoms with Gasteiger partial charge >= 0.3 is 12.1 Å². The van der Waals surface area contributed by atoms with Crippen LogP contribution in [0.1, 0.15) is 113 Å². The van der Waals surface area contributed by atoms with Crippen molar-refractivity contribution in [3.63, 3.8) is 0 Å². The van der Waals surface area contributed by atoms with E-state index < -0.39 is 59.3 Å². The van der Waals surface area contributed by atoms with Crippen LogP contribution in [0.5, 0.6) is 0 Å². The van der Waals surface area contributed by atoms with Crippen LogP contribution in [-0.2, 0) is 23.9 Å². The normalized spacial score (nSPS) is 22.1. The molecule has 5 atom stereocenters. The minimum atomic E-state index is -1.09. The number of urea groups is 1. The topological polar surface area (TPSA) is 189 Å². The molecule has 2 saturated carbocycles. The molecular weight excluding hydrogens is 616 g/mol. The number of ether oxygens (including phenoxy) is 1. The van der Waals surface area contributed by atoms with Gasteiger partial charge in [0, 0.05) is 12.6 Å². The summed E-state index contributed by atoms with van der Waals surface area (Å²) in [5.74, 6) is -2.22. The van der Waals surface area contributed by atoms with Gasteiger partial charge in [-0.15, -0.1) is 0 Å². The first kappa shape index (κ1) is 39.1. The largest absolute Gasteiger partial charge is 0.447 e. The molecule has 1 heterocycles. The second-order valence-corrected chi connectivity index (χ2v) is 16.0. The van der Waals surface area contributed by atoms with Crippen LogP contribution in [0.15, 0.2) is 0 Å². The molecule has 3 rings (SSSR count). The number of likely N-dealkylation sites (tertiary alicyclic amines) is 1. The first-order chi connectivity index (χ1) is 22.5. The molecule has 1 aliphatic heterocycles. The number of rotatable bonds is 15. The standard InChI is InChI=1S/C35H60N6O7/c1-20(2)15-23-17-26(31(44)38-25(29(42)30(36)43)16-22-11-10-12-22)41(18-23)32(45)28(24-13-8-9-14-24)40-33(46)39-27(35(5,6)7)19-48-34(47)37-21(3)4/h20-28H,8-19H2,1-7H3,(H2,36,43)(H,37,47)(H,38,44)(H2,39,40,46)/t23?,25?,26?,27-,28?/m1/s1. The molecule has 48 heavy (non-hydrogen) atoms. The van der Waals surface area contributed by atoms with Gasteiger partial charge in [-0.2, -0.15) is 0 Å². The lowest BCUT2D eigenvalue weighted by Crippen LogP contribution is -2.60. The lowest BCUT2D eigenvalue weighted by Gasteiger charge is -2.34. The van der Waals surface area contributed by atoms with E-state index in [0.29, 0.717) is 25.3 Å². The minimum Gasteiger partial charge on any atom is -0.447 e. The SMILES string of the molecule is CC(C)CC1CC(C(=O)NC(CC2CCC2)C(=O)C(N)=O)N(C(=O)C(NC(=O)N[C@H](COC(=O)NC(C)C)C(C)(C)C)C2CCCC2)C1. The van der Waals surface area contributed by atoms with Crippen molar-refractivity contribution < 1.29 is 33.5 Å². The smallest absolute Gasteiger partial charge is 0.407 e. The Morgan fingerprint density at radius 1 is 0.833 bits per heavy atom. The van der Waals surface area contributed by atoms with Gasteiger partial charge in [-0.1, -0.05) is 66.7 Å². The molecule has 6 amide bonds. The molecule has 0 aromatic heterocycles. The molecular formula is C35H60N6O7. The van der Waals surface area contributed by atoms with Crippen molar-refractivity contribution in [3.05, 3.63) is 0 Å². The Morgan fingerprint density at radius 3 is 2.00 bits per heavy atom. The minimum absolute atomic E-state index is 0.0547. The van der Waals surface area contributed by atoms with E-state index in [1.165, 1.54) is 0 Å². The molecule has 0 aromatic carbocycles. The van der Waals surface area contributed by atoms with Gasteiger partial charge in [-0.25, -0.2) is 9.59 Å². The van der Waals surface area contributed by atoms with Crippen LogP contribution in [0.25, 0.3) is 0 Å². The molecule has 3 aliphatic rings. The molecule has 0 radical (unpaired) electrons. The summed E-state index contributed by atoms with van der Waals surface area (Å²) in [5, 5.41) is 11.3. The number of ketones is 1. The maximum absolute atomic E-state index is 14.5. The van der Waals surface area contributed by atoms with E-state index in [0.717, 1.165) is 51.4 Å². The summed E-state index contributed by atoms with van der Waals surface area (Å²) in [6, 6.07) is -3.96. The van der Waals surface area contributed by atoms with Gasteiger partial charge in [0.1, 0.15) is 18.7 Å². The quantitative estimate of drug-likeness (QED) is 0.164. The monoisotopic (exact) mass is 676 g/mol. The molecule has 1 saturated heterocycles. The maximum Gasteiger partial charge on any atom is 0.407 e. The first-order valence-electron chi connectivity index (χ1n) is 17.9. The molecule has 13 nitrogen and oxygen atoms in total. The molecule has 13 heteroatoms. The number of carbonyl (C=O) groups excluding carboxylic acids is 6. The van der Waals surface area contributed by atoms with Gasteiger partial charge in [0.2, 0.25) is 17.6 Å². The van der Waals surface area contributed by atoms with Crippen molar-refractivity contribution in [3.8, 4) is 0 Å². The van der Waals surface area contributed by atoms with Crippen molar-refractivity contribution in [2.45, 2.75) is 143 Å². The number of nitrogens with zero attached hydrogens (tertiary/aromatic N) is 1. The molecule has 4 unspecified atom stereocenters. The number of primary amides is 1. The number of Topliss-reactive ketones (excluding diaryl/α,β-unsaturated/α-hetero) is 1. The van der Waals surface area contributed by atoms with Crippen LogP contribution in [0.3, 0.4) is 0 Å². The lowest BCUT2D eigenvalue weighted by molar-refractivity contribution is -0.143. The summed E-state index contributed by atoms with van der Waals surface area (Å²) in [6.45, 7) is 13.9. The highest BCUT2D eigenvalue weighted by atomic mass is 16.5. The zero-order chi connectivity index (χ0) is 35.8. The number of alkyl carbamates (subject to hydrolysis) is 1. The highest BCUT2D eigenvalue weighted by Crippen LogP contribution is 2.34.